The van der Waals surface area contributed by atoms with Crippen molar-refractivity contribution in [3.8, 4) is 0 Å². The number of amides is 3. The standard InChI is InChI=1S/C19H17N3O3/c23-17(21-16-10-9-12-5-1-4-8-15(12)20-16)11-22-18(24)13-6-2-3-7-14(13)19(22)25/h1-5,8-10,13-14H,6-7,11H2,(H,20,21,23)/t13-,14-/m0/s1. The van der Waals surface area contributed by atoms with Crippen molar-refractivity contribution >= 4 is 34.4 Å². The van der Waals surface area contributed by atoms with E-state index >= 15 is 0 Å². The largest absolute Gasteiger partial charge is 0.309 e. The van der Waals surface area contributed by atoms with E-state index in [4.69, 9.17) is 0 Å². The predicted molar refractivity (Wildman–Crippen MR) is 92.4 cm³/mol. The molecule has 1 saturated heterocycles. The summed E-state index contributed by atoms with van der Waals surface area (Å²) < 4.78 is 0. The van der Waals surface area contributed by atoms with E-state index in [9.17, 15) is 14.4 Å². The summed E-state index contributed by atoms with van der Waals surface area (Å²) in [7, 11) is 0. The summed E-state index contributed by atoms with van der Waals surface area (Å²) in [5.41, 5.74) is 0.769. The number of pyridine rings is 1. The fourth-order valence-electron chi connectivity index (χ4n) is 3.49. The molecule has 2 aliphatic rings. The molecular formula is C19H17N3O3. The Morgan fingerprint density at radius 1 is 1.04 bits per heavy atom. The molecule has 6 heteroatoms. The molecule has 0 spiro atoms. The van der Waals surface area contributed by atoms with Crippen molar-refractivity contribution in [2.24, 2.45) is 11.8 Å². The molecule has 3 amide bonds. The molecule has 0 radical (unpaired) electrons. The van der Waals surface area contributed by atoms with Gasteiger partial charge in [0.25, 0.3) is 0 Å². The maximum absolute atomic E-state index is 12.4. The van der Waals surface area contributed by atoms with Gasteiger partial charge in [0.15, 0.2) is 0 Å². The Morgan fingerprint density at radius 3 is 2.44 bits per heavy atom. The first-order chi connectivity index (χ1) is 12.1. The fourth-order valence-corrected chi connectivity index (χ4v) is 3.49. The normalized spacial score (nSPS) is 22.3. The van der Waals surface area contributed by atoms with E-state index in [0.717, 1.165) is 15.8 Å². The van der Waals surface area contributed by atoms with E-state index < -0.39 is 5.91 Å². The number of allylic oxidation sites excluding steroid dienone is 2. The van der Waals surface area contributed by atoms with Crippen LogP contribution in [0.1, 0.15) is 12.8 Å². The summed E-state index contributed by atoms with van der Waals surface area (Å²) in [6.07, 6.45) is 4.99. The zero-order valence-corrected chi connectivity index (χ0v) is 13.5. The highest BCUT2D eigenvalue weighted by Crippen LogP contribution is 2.34. The van der Waals surface area contributed by atoms with Crippen molar-refractivity contribution in [3.05, 3.63) is 48.6 Å². The average Bonchev–Trinajstić information content (AvgIpc) is 2.87. The van der Waals surface area contributed by atoms with Gasteiger partial charge >= 0.3 is 0 Å². The maximum atomic E-state index is 12.4. The van der Waals surface area contributed by atoms with Crippen LogP contribution in [0.25, 0.3) is 10.9 Å². The van der Waals surface area contributed by atoms with Gasteiger partial charge in [-0.1, -0.05) is 30.4 Å². The Balaban J connectivity index is 1.46. The van der Waals surface area contributed by atoms with Crippen LogP contribution in [0.3, 0.4) is 0 Å². The fraction of sp³-hybridized carbons (Fsp3) is 0.263. The zero-order chi connectivity index (χ0) is 17.4. The number of imide groups is 1. The molecule has 2 aromatic rings. The predicted octanol–water partition coefficient (Wildman–Crippen LogP) is 2.12. The van der Waals surface area contributed by atoms with Crippen LogP contribution >= 0.6 is 0 Å². The Morgan fingerprint density at radius 2 is 1.72 bits per heavy atom. The zero-order valence-electron chi connectivity index (χ0n) is 13.5. The molecule has 126 valence electrons. The number of anilines is 1. The van der Waals surface area contributed by atoms with Crippen molar-refractivity contribution in [2.75, 3.05) is 11.9 Å². The minimum atomic E-state index is -0.420. The second kappa shape index (κ2) is 6.12. The molecule has 1 aliphatic heterocycles. The van der Waals surface area contributed by atoms with Gasteiger partial charge in [-0.25, -0.2) is 4.98 Å². The van der Waals surface area contributed by atoms with Crippen LogP contribution in [-0.2, 0) is 14.4 Å². The number of fused-ring (bicyclic) bond motifs is 2. The monoisotopic (exact) mass is 335 g/mol. The van der Waals surface area contributed by atoms with Gasteiger partial charge in [0.2, 0.25) is 17.7 Å². The topological polar surface area (TPSA) is 79.4 Å². The summed E-state index contributed by atoms with van der Waals surface area (Å²) >= 11 is 0. The Hall–Kier alpha value is -3.02. The molecule has 1 fully saturated rings. The first-order valence-electron chi connectivity index (χ1n) is 8.29. The van der Waals surface area contributed by atoms with E-state index in [1.54, 1.807) is 6.07 Å². The van der Waals surface area contributed by atoms with Gasteiger partial charge in [0.1, 0.15) is 12.4 Å². The Kier molecular flexibility index (Phi) is 3.80. The van der Waals surface area contributed by atoms with Crippen molar-refractivity contribution in [2.45, 2.75) is 12.8 Å². The average molecular weight is 335 g/mol. The Labute approximate surface area is 144 Å². The van der Waals surface area contributed by atoms with Crippen molar-refractivity contribution in [1.82, 2.24) is 9.88 Å². The molecule has 0 bridgehead atoms. The molecule has 1 aromatic heterocycles. The van der Waals surface area contributed by atoms with Gasteiger partial charge < -0.3 is 5.32 Å². The van der Waals surface area contributed by atoms with E-state index in [1.807, 2.05) is 42.5 Å². The number of benzene rings is 1. The number of rotatable bonds is 3. The molecule has 2 heterocycles. The summed E-state index contributed by atoms with van der Waals surface area (Å²) in [5.74, 6) is -1.15. The second-order valence-electron chi connectivity index (χ2n) is 6.36. The van der Waals surface area contributed by atoms with Crippen molar-refractivity contribution in [3.63, 3.8) is 0 Å². The van der Waals surface area contributed by atoms with Crippen LogP contribution in [0, 0.1) is 11.8 Å². The molecule has 6 nitrogen and oxygen atoms in total. The number of para-hydroxylation sites is 1. The third kappa shape index (κ3) is 2.80. The Bertz CT molecular complexity index is 880. The summed E-state index contributed by atoms with van der Waals surface area (Å²) in [6, 6.07) is 11.2. The summed E-state index contributed by atoms with van der Waals surface area (Å²) in [5, 5.41) is 3.65. The third-order valence-corrected chi connectivity index (χ3v) is 4.77. The van der Waals surface area contributed by atoms with Crippen LogP contribution < -0.4 is 5.32 Å². The minimum Gasteiger partial charge on any atom is -0.309 e. The number of hydrogen-bond acceptors (Lipinski definition) is 4. The highest BCUT2D eigenvalue weighted by molar-refractivity contribution is 6.08. The number of carbonyl (C=O) groups excluding carboxylic acids is 3. The quantitative estimate of drug-likeness (QED) is 0.688. The van der Waals surface area contributed by atoms with Gasteiger partial charge in [0, 0.05) is 5.39 Å². The van der Waals surface area contributed by atoms with E-state index in [1.165, 1.54) is 0 Å². The molecule has 0 unspecified atom stereocenters. The van der Waals surface area contributed by atoms with Gasteiger partial charge in [0.05, 0.1) is 17.4 Å². The van der Waals surface area contributed by atoms with Gasteiger partial charge in [-0.3, -0.25) is 19.3 Å². The van der Waals surface area contributed by atoms with Crippen LogP contribution in [0.15, 0.2) is 48.6 Å². The molecule has 1 N–H and O–H groups in total. The number of nitrogens with one attached hydrogen (secondary N) is 1. The first kappa shape index (κ1) is 15.5. The molecule has 0 saturated carbocycles. The SMILES string of the molecule is O=C(CN1C(=O)[C@H]2CC=CC[C@@H]2C1=O)Nc1ccc2ccccc2n1. The van der Waals surface area contributed by atoms with E-state index in [2.05, 4.69) is 10.3 Å². The molecule has 1 aliphatic carbocycles. The molecule has 25 heavy (non-hydrogen) atoms. The van der Waals surface area contributed by atoms with Crippen LogP contribution in [-0.4, -0.2) is 34.2 Å². The van der Waals surface area contributed by atoms with Crippen LogP contribution in [0.5, 0.6) is 0 Å². The lowest BCUT2D eigenvalue weighted by Gasteiger charge is -2.14. The van der Waals surface area contributed by atoms with Gasteiger partial charge in [-0.05, 0) is 31.0 Å². The van der Waals surface area contributed by atoms with Crippen LogP contribution in [0.2, 0.25) is 0 Å². The number of hydrogen-bond donors (Lipinski definition) is 1. The minimum absolute atomic E-state index is 0.249. The van der Waals surface area contributed by atoms with Crippen LogP contribution in [0.4, 0.5) is 5.82 Å². The van der Waals surface area contributed by atoms with E-state index in [-0.39, 0.29) is 30.2 Å². The maximum Gasteiger partial charge on any atom is 0.245 e. The first-order valence-corrected chi connectivity index (χ1v) is 8.29. The number of carbonyl (C=O) groups is 3. The highest BCUT2D eigenvalue weighted by atomic mass is 16.2. The smallest absolute Gasteiger partial charge is 0.245 e. The van der Waals surface area contributed by atoms with Crippen molar-refractivity contribution in [1.29, 1.82) is 0 Å². The summed E-state index contributed by atoms with van der Waals surface area (Å²) in [6.45, 7) is -0.265. The third-order valence-electron chi connectivity index (χ3n) is 4.77. The molecule has 2 atom stereocenters. The second-order valence-corrected chi connectivity index (χ2v) is 6.36. The van der Waals surface area contributed by atoms with E-state index in [0.29, 0.717) is 18.7 Å². The lowest BCUT2D eigenvalue weighted by molar-refractivity contribution is -0.142. The molecule has 1 aromatic carbocycles. The number of aromatic nitrogens is 1. The van der Waals surface area contributed by atoms with Crippen molar-refractivity contribution < 1.29 is 14.4 Å². The number of likely N-dealkylation sites (tertiary alicyclic amines) is 1. The molecule has 4 rings (SSSR count). The number of nitrogens with zero attached hydrogens (tertiary/aromatic N) is 2. The lowest BCUT2D eigenvalue weighted by atomic mass is 9.85. The lowest BCUT2D eigenvalue weighted by Crippen LogP contribution is -2.38. The molecular weight excluding hydrogens is 318 g/mol. The highest BCUT2D eigenvalue weighted by Gasteiger charge is 2.47. The van der Waals surface area contributed by atoms with Gasteiger partial charge in [-0.2, -0.15) is 0 Å². The summed E-state index contributed by atoms with van der Waals surface area (Å²) in [4.78, 5) is 42.5. The van der Waals surface area contributed by atoms with Gasteiger partial charge in [-0.15, -0.1) is 0 Å².